The van der Waals surface area contributed by atoms with E-state index in [-0.39, 0.29) is 12.2 Å². The van der Waals surface area contributed by atoms with Crippen molar-refractivity contribution in [1.29, 1.82) is 0 Å². The van der Waals surface area contributed by atoms with Gasteiger partial charge in [-0.05, 0) is 25.1 Å². The predicted octanol–water partition coefficient (Wildman–Crippen LogP) is 0.458. The second kappa shape index (κ2) is 6.88. The summed E-state index contributed by atoms with van der Waals surface area (Å²) >= 11 is 0. The highest BCUT2D eigenvalue weighted by atomic mass is 16.4. The number of carbonyl (C=O) groups is 1. The van der Waals surface area contributed by atoms with Gasteiger partial charge in [0.1, 0.15) is 5.54 Å². The second-order valence-electron chi connectivity index (χ2n) is 4.79. The van der Waals surface area contributed by atoms with Crippen LogP contribution in [-0.2, 0) is 4.79 Å². The maximum atomic E-state index is 11.1. The molecule has 0 saturated heterocycles. The van der Waals surface area contributed by atoms with Crippen LogP contribution in [0.3, 0.4) is 0 Å². The van der Waals surface area contributed by atoms with E-state index in [1.54, 1.807) is 0 Å². The van der Waals surface area contributed by atoms with Crippen LogP contribution in [0.5, 0.6) is 0 Å². The molecule has 0 saturated carbocycles. The molecule has 0 aliphatic carbocycles. The lowest BCUT2D eigenvalue weighted by atomic mass is 9.80. The third-order valence-electron chi connectivity index (χ3n) is 2.53. The molecule has 5 nitrogen and oxygen atoms in total. The third kappa shape index (κ3) is 6.10. The highest BCUT2D eigenvalue weighted by Crippen LogP contribution is 2.21. The molecule has 0 aliphatic heterocycles. The van der Waals surface area contributed by atoms with Crippen molar-refractivity contribution in [3.8, 4) is 0 Å². The SMILES string of the molecule is CC(C)C[C@](N)(CCCCB(O)O)C(=O)O. The first-order valence-electron chi connectivity index (χ1n) is 5.66. The minimum Gasteiger partial charge on any atom is -0.480 e. The van der Waals surface area contributed by atoms with E-state index in [1.807, 2.05) is 13.8 Å². The Labute approximate surface area is 96.8 Å². The quantitative estimate of drug-likeness (QED) is 0.359. The van der Waals surface area contributed by atoms with Gasteiger partial charge in [-0.3, -0.25) is 4.79 Å². The van der Waals surface area contributed by atoms with Crippen LogP contribution in [0.4, 0.5) is 0 Å². The fourth-order valence-electron chi connectivity index (χ4n) is 1.79. The van der Waals surface area contributed by atoms with Crippen LogP contribution in [0, 0.1) is 5.92 Å². The smallest absolute Gasteiger partial charge is 0.451 e. The maximum absolute atomic E-state index is 11.1. The molecule has 0 rings (SSSR count). The van der Waals surface area contributed by atoms with Gasteiger partial charge in [-0.25, -0.2) is 0 Å². The third-order valence-corrected chi connectivity index (χ3v) is 2.53. The molecule has 94 valence electrons. The molecule has 6 heteroatoms. The minimum absolute atomic E-state index is 0.226. The average Bonchev–Trinajstić information content (AvgIpc) is 2.10. The maximum Gasteiger partial charge on any atom is 0.451 e. The fourth-order valence-corrected chi connectivity index (χ4v) is 1.79. The molecule has 0 aromatic rings. The van der Waals surface area contributed by atoms with Gasteiger partial charge in [-0.2, -0.15) is 0 Å². The first-order valence-corrected chi connectivity index (χ1v) is 5.66. The molecule has 0 aromatic heterocycles. The Kier molecular flexibility index (Phi) is 6.63. The van der Waals surface area contributed by atoms with Crippen LogP contribution >= 0.6 is 0 Å². The topological polar surface area (TPSA) is 104 Å². The number of hydrogen-bond acceptors (Lipinski definition) is 4. The summed E-state index contributed by atoms with van der Waals surface area (Å²) in [6, 6.07) is 0. The van der Waals surface area contributed by atoms with Gasteiger partial charge < -0.3 is 20.9 Å². The van der Waals surface area contributed by atoms with Crippen molar-refractivity contribution in [2.75, 3.05) is 0 Å². The van der Waals surface area contributed by atoms with Gasteiger partial charge in [0.25, 0.3) is 0 Å². The normalized spacial score (nSPS) is 14.9. The van der Waals surface area contributed by atoms with Gasteiger partial charge in [0.2, 0.25) is 0 Å². The number of unbranched alkanes of at least 4 members (excludes halogenated alkanes) is 1. The van der Waals surface area contributed by atoms with Gasteiger partial charge in [-0.15, -0.1) is 0 Å². The van der Waals surface area contributed by atoms with E-state index in [0.29, 0.717) is 25.7 Å². The van der Waals surface area contributed by atoms with Crippen LogP contribution in [-0.4, -0.2) is 33.8 Å². The zero-order valence-corrected chi connectivity index (χ0v) is 10.0. The summed E-state index contributed by atoms with van der Waals surface area (Å²) in [6.45, 7) is 3.87. The van der Waals surface area contributed by atoms with Crippen molar-refractivity contribution < 1.29 is 19.9 Å². The van der Waals surface area contributed by atoms with Crippen molar-refractivity contribution in [3.05, 3.63) is 0 Å². The molecule has 0 amide bonds. The molecular weight excluding hydrogens is 209 g/mol. The summed E-state index contributed by atoms with van der Waals surface area (Å²) in [4.78, 5) is 11.1. The standard InChI is InChI=1S/C10H22BNO4/c1-8(2)7-10(12,9(13)14)5-3-4-6-11(15)16/h8,15-16H,3-7,12H2,1-2H3,(H,13,14)/t10-/m1/s1. The molecule has 1 atom stereocenters. The van der Waals surface area contributed by atoms with Crippen molar-refractivity contribution in [1.82, 2.24) is 0 Å². The van der Waals surface area contributed by atoms with Gasteiger partial charge in [0.15, 0.2) is 0 Å². The number of carboxylic acids is 1. The molecule has 0 heterocycles. The van der Waals surface area contributed by atoms with E-state index in [4.69, 9.17) is 20.9 Å². The zero-order chi connectivity index (χ0) is 12.8. The van der Waals surface area contributed by atoms with Crippen LogP contribution in [0.25, 0.3) is 0 Å². The Morgan fingerprint density at radius 1 is 1.38 bits per heavy atom. The van der Waals surface area contributed by atoms with E-state index in [0.717, 1.165) is 0 Å². The molecule has 0 fully saturated rings. The Balaban J connectivity index is 4.08. The van der Waals surface area contributed by atoms with E-state index in [9.17, 15) is 4.79 Å². The highest BCUT2D eigenvalue weighted by Gasteiger charge is 2.33. The lowest BCUT2D eigenvalue weighted by Crippen LogP contribution is -2.48. The van der Waals surface area contributed by atoms with Gasteiger partial charge in [0, 0.05) is 0 Å². The van der Waals surface area contributed by atoms with Gasteiger partial charge in [-0.1, -0.05) is 26.7 Å². The lowest BCUT2D eigenvalue weighted by molar-refractivity contribution is -0.144. The Bertz CT molecular complexity index is 223. The summed E-state index contributed by atoms with van der Waals surface area (Å²) < 4.78 is 0. The Morgan fingerprint density at radius 3 is 2.31 bits per heavy atom. The largest absolute Gasteiger partial charge is 0.480 e. The summed E-state index contributed by atoms with van der Waals surface area (Å²) in [6.07, 6.45) is 2.23. The Morgan fingerprint density at radius 2 is 1.94 bits per heavy atom. The van der Waals surface area contributed by atoms with Gasteiger partial charge in [0.05, 0.1) is 0 Å². The lowest BCUT2D eigenvalue weighted by Gasteiger charge is -2.26. The van der Waals surface area contributed by atoms with E-state index in [2.05, 4.69) is 0 Å². The molecule has 0 bridgehead atoms. The number of rotatable bonds is 8. The van der Waals surface area contributed by atoms with E-state index >= 15 is 0 Å². The van der Waals surface area contributed by atoms with E-state index in [1.165, 1.54) is 0 Å². The number of hydrogen-bond donors (Lipinski definition) is 4. The molecule has 5 N–H and O–H groups in total. The minimum atomic E-state index is -1.32. The summed E-state index contributed by atoms with van der Waals surface area (Å²) in [7, 11) is -1.32. The van der Waals surface area contributed by atoms with E-state index < -0.39 is 18.6 Å². The van der Waals surface area contributed by atoms with Crippen molar-refractivity contribution >= 4 is 13.1 Å². The van der Waals surface area contributed by atoms with Crippen molar-refractivity contribution in [2.45, 2.75) is 51.4 Å². The number of aliphatic carboxylic acids is 1. The zero-order valence-electron chi connectivity index (χ0n) is 10.0. The molecule has 16 heavy (non-hydrogen) atoms. The molecule has 0 unspecified atom stereocenters. The summed E-state index contributed by atoms with van der Waals surface area (Å²) in [5.41, 5.74) is 4.65. The molecule has 0 spiro atoms. The van der Waals surface area contributed by atoms with Crippen LogP contribution in [0.15, 0.2) is 0 Å². The number of nitrogens with two attached hydrogens (primary N) is 1. The van der Waals surface area contributed by atoms with Gasteiger partial charge >= 0.3 is 13.1 Å². The molecule has 0 aromatic carbocycles. The first-order chi connectivity index (χ1) is 7.28. The first kappa shape index (κ1) is 15.4. The predicted molar refractivity (Wildman–Crippen MR) is 62.9 cm³/mol. The molecular formula is C10H22BNO4. The highest BCUT2D eigenvalue weighted by molar-refractivity contribution is 6.40. The second-order valence-corrected chi connectivity index (χ2v) is 4.79. The average molecular weight is 231 g/mol. The number of carboxylic acid groups (broad SMARTS) is 1. The molecule has 0 radical (unpaired) electrons. The summed E-state index contributed by atoms with van der Waals surface area (Å²) in [5, 5.41) is 26.4. The van der Waals surface area contributed by atoms with Crippen LogP contribution in [0.1, 0.15) is 39.5 Å². The monoisotopic (exact) mass is 231 g/mol. The van der Waals surface area contributed by atoms with Crippen LogP contribution < -0.4 is 5.73 Å². The van der Waals surface area contributed by atoms with Crippen molar-refractivity contribution in [2.24, 2.45) is 11.7 Å². The molecule has 0 aliphatic rings. The fraction of sp³-hybridized carbons (Fsp3) is 0.900. The summed E-state index contributed by atoms with van der Waals surface area (Å²) in [5.74, 6) is -0.754. The van der Waals surface area contributed by atoms with Crippen LogP contribution in [0.2, 0.25) is 6.32 Å². The van der Waals surface area contributed by atoms with Crippen molar-refractivity contribution in [3.63, 3.8) is 0 Å². The Hall–Kier alpha value is -0.585.